The molecule has 0 bridgehead atoms. The van der Waals surface area contributed by atoms with E-state index in [2.05, 4.69) is 5.32 Å². The molecule has 0 aromatic carbocycles. The van der Waals surface area contributed by atoms with Crippen LogP contribution in [0.1, 0.15) is 12.8 Å². The molecule has 2 heterocycles. The largest absolute Gasteiger partial charge is 0.344 e. The van der Waals surface area contributed by atoms with Gasteiger partial charge in [0.25, 0.3) is 5.91 Å². The van der Waals surface area contributed by atoms with Crippen LogP contribution in [0.2, 0.25) is 0 Å². The second-order valence-corrected chi connectivity index (χ2v) is 2.84. The molecule has 7 nitrogen and oxygen atoms in total. The van der Waals surface area contributed by atoms with Crippen LogP contribution in [-0.2, 0) is 14.4 Å². The van der Waals surface area contributed by atoms with Gasteiger partial charge in [0.05, 0.1) is 0 Å². The Bertz CT molecular complexity index is 285. The van der Waals surface area contributed by atoms with Crippen molar-refractivity contribution in [3.8, 4) is 0 Å². The highest BCUT2D eigenvalue weighted by Crippen LogP contribution is 2.17. The first kappa shape index (κ1) is 8.67. The lowest BCUT2D eigenvalue weighted by Crippen LogP contribution is -2.49. The van der Waals surface area contributed by atoms with Gasteiger partial charge in [-0.25, -0.2) is 4.79 Å². The molecule has 0 atom stereocenters. The first-order valence-corrected chi connectivity index (χ1v) is 3.95. The Balaban J connectivity index is 2.29. The third kappa shape index (κ3) is 1.05. The Kier molecular flexibility index (Phi) is 1.73. The van der Waals surface area contributed by atoms with Crippen molar-refractivity contribution >= 4 is 23.8 Å². The van der Waals surface area contributed by atoms with Crippen LogP contribution in [0.3, 0.4) is 0 Å². The van der Waals surface area contributed by atoms with E-state index >= 15 is 0 Å². The average molecular weight is 196 g/mol. The maximum Gasteiger partial charge on any atom is 0.344 e. The standard InChI is InChI=1S/C7H6N3O4/c11-4-1-2-5(12)9(4)10-6(13)3-8-7(10)14/h3H,1-2H2,(H,8,14). The summed E-state index contributed by atoms with van der Waals surface area (Å²) >= 11 is 0. The zero-order valence-electron chi connectivity index (χ0n) is 7.02. The number of hydrazine groups is 1. The lowest BCUT2D eigenvalue weighted by molar-refractivity contribution is -0.159. The predicted octanol–water partition coefficient (Wildman–Crippen LogP) is -1.24. The monoisotopic (exact) mass is 196 g/mol. The summed E-state index contributed by atoms with van der Waals surface area (Å²) in [6.07, 6.45) is 0.0752. The highest BCUT2D eigenvalue weighted by atomic mass is 16.2. The smallest absolute Gasteiger partial charge is 0.322 e. The summed E-state index contributed by atoms with van der Waals surface area (Å²) in [4.78, 5) is 44.5. The molecular weight excluding hydrogens is 190 g/mol. The van der Waals surface area contributed by atoms with E-state index in [1.807, 2.05) is 0 Å². The molecular formula is C7H6N3O4. The molecule has 0 aromatic rings. The van der Waals surface area contributed by atoms with Crippen molar-refractivity contribution in [2.45, 2.75) is 12.8 Å². The van der Waals surface area contributed by atoms with E-state index in [0.717, 1.165) is 6.54 Å². The van der Waals surface area contributed by atoms with Crippen LogP contribution in [0.5, 0.6) is 0 Å². The molecule has 1 radical (unpaired) electrons. The molecule has 0 aromatic heterocycles. The van der Waals surface area contributed by atoms with E-state index in [1.54, 1.807) is 0 Å². The molecule has 2 aliphatic rings. The normalized spacial score (nSPS) is 22.3. The Morgan fingerprint density at radius 1 is 1.00 bits per heavy atom. The highest BCUT2D eigenvalue weighted by molar-refractivity contribution is 6.12. The zero-order chi connectivity index (χ0) is 10.3. The van der Waals surface area contributed by atoms with Crippen molar-refractivity contribution < 1.29 is 19.2 Å². The maximum absolute atomic E-state index is 11.2. The summed E-state index contributed by atoms with van der Waals surface area (Å²) in [5.74, 6) is -1.78. The Morgan fingerprint density at radius 2 is 1.57 bits per heavy atom. The van der Waals surface area contributed by atoms with E-state index in [4.69, 9.17) is 0 Å². The third-order valence-electron chi connectivity index (χ3n) is 1.95. The maximum atomic E-state index is 11.2. The number of imide groups is 2. The van der Waals surface area contributed by atoms with Gasteiger partial charge in [-0.2, -0.15) is 10.0 Å². The van der Waals surface area contributed by atoms with E-state index in [9.17, 15) is 19.2 Å². The average Bonchev–Trinajstić information content (AvgIpc) is 2.60. The minimum absolute atomic E-state index is 0.0376. The SMILES string of the molecule is O=C1[CH]NC(=O)N1N1C(=O)CCC1=O. The molecule has 5 amide bonds. The summed E-state index contributed by atoms with van der Waals surface area (Å²) < 4.78 is 0. The molecule has 2 rings (SSSR count). The quantitative estimate of drug-likeness (QED) is 0.420. The predicted molar refractivity (Wildman–Crippen MR) is 40.8 cm³/mol. The van der Waals surface area contributed by atoms with E-state index in [-0.39, 0.29) is 12.8 Å². The molecule has 1 N–H and O–H groups in total. The first-order chi connectivity index (χ1) is 6.61. The molecule has 0 aliphatic carbocycles. The van der Waals surface area contributed by atoms with Crippen molar-refractivity contribution in [1.82, 2.24) is 15.3 Å². The number of carbonyl (C=O) groups is 4. The van der Waals surface area contributed by atoms with E-state index in [1.165, 1.54) is 0 Å². The van der Waals surface area contributed by atoms with Crippen LogP contribution in [0, 0.1) is 6.54 Å². The van der Waals surface area contributed by atoms with Gasteiger partial charge >= 0.3 is 6.03 Å². The number of hydrogen-bond acceptors (Lipinski definition) is 4. The van der Waals surface area contributed by atoms with E-state index in [0.29, 0.717) is 10.0 Å². The van der Waals surface area contributed by atoms with Crippen LogP contribution >= 0.6 is 0 Å². The van der Waals surface area contributed by atoms with Gasteiger partial charge in [0.15, 0.2) is 0 Å². The van der Waals surface area contributed by atoms with Gasteiger partial charge in [-0.1, -0.05) is 0 Å². The third-order valence-corrected chi connectivity index (χ3v) is 1.95. The van der Waals surface area contributed by atoms with Gasteiger partial charge in [0.2, 0.25) is 11.8 Å². The number of nitrogens with zero attached hydrogens (tertiary/aromatic N) is 2. The van der Waals surface area contributed by atoms with Crippen molar-refractivity contribution in [2.75, 3.05) is 0 Å². The topological polar surface area (TPSA) is 86.8 Å². The van der Waals surface area contributed by atoms with E-state index < -0.39 is 23.8 Å². The molecule has 0 unspecified atom stereocenters. The van der Waals surface area contributed by atoms with Crippen LogP contribution in [-0.4, -0.2) is 33.8 Å². The number of nitrogens with one attached hydrogen (secondary N) is 1. The zero-order valence-corrected chi connectivity index (χ0v) is 7.02. The van der Waals surface area contributed by atoms with Crippen LogP contribution in [0.15, 0.2) is 0 Å². The van der Waals surface area contributed by atoms with Crippen molar-refractivity contribution in [1.29, 1.82) is 0 Å². The highest BCUT2D eigenvalue weighted by Gasteiger charge is 2.43. The van der Waals surface area contributed by atoms with Crippen LogP contribution < -0.4 is 5.32 Å². The molecule has 0 saturated carbocycles. The molecule has 2 aliphatic heterocycles. The minimum Gasteiger partial charge on any atom is -0.322 e. The van der Waals surface area contributed by atoms with Gasteiger partial charge in [0.1, 0.15) is 6.54 Å². The van der Waals surface area contributed by atoms with Crippen molar-refractivity contribution in [2.24, 2.45) is 0 Å². The Labute approximate surface area is 78.6 Å². The number of amides is 5. The molecule has 2 saturated heterocycles. The number of carbonyl (C=O) groups excluding carboxylic acids is 4. The minimum atomic E-state index is -0.779. The van der Waals surface area contributed by atoms with Crippen molar-refractivity contribution in [3.63, 3.8) is 0 Å². The molecule has 2 fully saturated rings. The van der Waals surface area contributed by atoms with Gasteiger partial charge in [0, 0.05) is 12.8 Å². The Morgan fingerprint density at radius 3 is 2.00 bits per heavy atom. The fraction of sp³-hybridized carbons (Fsp3) is 0.286. The molecule has 0 spiro atoms. The van der Waals surface area contributed by atoms with Gasteiger partial charge in [-0.3, -0.25) is 14.4 Å². The second kappa shape index (κ2) is 2.79. The summed E-state index contributed by atoms with van der Waals surface area (Å²) in [5.41, 5.74) is 0. The second-order valence-electron chi connectivity index (χ2n) is 2.84. The molecule has 73 valence electrons. The molecule has 14 heavy (non-hydrogen) atoms. The molecule has 7 heteroatoms. The number of urea groups is 1. The lowest BCUT2D eigenvalue weighted by atomic mass is 10.4. The Hall–Kier alpha value is -1.92. The summed E-state index contributed by atoms with van der Waals surface area (Å²) in [5, 5.41) is 3.20. The van der Waals surface area contributed by atoms with Crippen LogP contribution in [0.4, 0.5) is 4.79 Å². The number of rotatable bonds is 1. The summed E-state index contributed by atoms with van der Waals surface area (Å²) in [6.45, 7) is 0.904. The number of hydrogen-bond donors (Lipinski definition) is 1. The lowest BCUT2D eigenvalue weighted by Gasteiger charge is -2.21. The summed E-state index contributed by atoms with van der Waals surface area (Å²) in [6, 6.07) is -0.779. The van der Waals surface area contributed by atoms with Crippen LogP contribution in [0.25, 0.3) is 0 Å². The van der Waals surface area contributed by atoms with Gasteiger partial charge < -0.3 is 5.32 Å². The van der Waals surface area contributed by atoms with Crippen molar-refractivity contribution in [3.05, 3.63) is 6.54 Å². The first-order valence-electron chi connectivity index (χ1n) is 3.95. The fourth-order valence-corrected chi connectivity index (χ4v) is 1.32. The van der Waals surface area contributed by atoms with Gasteiger partial charge in [-0.05, 0) is 0 Å². The van der Waals surface area contributed by atoms with Gasteiger partial charge in [-0.15, -0.1) is 0 Å². The summed E-state index contributed by atoms with van der Waals surface area (Å²) in [7, 11) is 0. The fourth-order valence-electron chi connectivity index (χ4n) is 1.32.